The lowest BCUT2D eigenvalue weighted by Crippen LogP contribution is -2.37. The van der Waals surface area contributed by atoms with Gasteiger partial charge in [0, 0.05) is 6.42 Å². The van der Waals surface area contributed by atoms with E-state index < -0.39 is 18.3 Å². The van der Waals surface area contributed by atoms with Gasteiger partial charge in [-0.1, -0.05) is 30.3 Å². The van der Waals surface area contributed by atoms with E-state index in [0.29, 0.717) is 5.56 Å². The molecule has 0 aliphatic carbocycles. The van der Waals surface area contributed by atoms with Crippen molar-refractivity contribution in [2.45, 2.75) is 12.3 Å². The van der Waals surface area contributed by atoms with Crippen LogP contribution in [0.2, 0.25) is 0 Å². The Morgan fingerprint density at radius 2 is 1.85 bits per heavy atom. The molecule has 0 fully saturated rings. The maximum Gasteiger partial charge on any atom is 0.328 e. The third-order valence-electron chi connectivity index (χ3n) is 1.63. The van der Waals surface area contributed by atoms with Gasteiger partial charge in [0.1, 0.15) is 0 Å². The highest BCUT2D eigenvalue weighted by molar-refractivity contribution is 5.81. The number of alkyl halides is 2. The molecular formula is C9H9F2NO. The Bertz CT molecular complexity index is 298. The summed E-state index contributed by atoms with van der Waals surface area (Å²) in [6.07, 6.45) is -0.636. The lowest BCUT2D eigenvalue weighted by atomic mass is 10.1. The highest BCUT2D eigenvalue weighted by atomic mass is 19.3. The molecule has 0 atom stereocenters. The van der Waals surface area contributed by atoms with Gasteiger partial charge in [-0.3, -0.25) is 4.79 Å². The number of benzene rings is 1. The summed E-state index contributed by atoms with van der Waals surface area (Å²) < 4.78 is 25.5. The molecule has 0 radical (unpaired) electrons. The first-order valence-corrected chi connectivity index (χ1v) is 3.74. The molecule has 0 unspecified atom stereocenters. The third-order valence-corrected chi connectivity index (χ3v) is 1.63. The maximum atomic E-state index is 12.8. The van der Waals surface area contributed by atoms with Gasteiger partial charge in [0.05, 0.1) is 0 Å². The standard InChI is InChI=1S/C9H9F2NO/c10-9(11,8(12)13)6-7-4-2-1-3-5-7/h1-5H,6H2,(H2,12,13). The van der Waals surface area contributed by atoms with Gasteiger partial charge in [0.25, 0.3) is 5.91 Å². The van der Waals surface area contributed by atoms with Crippen LogP contribution in [-0.2, 0) is 11.2 Å². The van der Waals surface area contributed by atoms with E-state index in [2.05, 4.69) is 5.73 Å². The molecule has 1 aromatic carbocycles. The van der Waals surface area contributed by atoms with Gasteiger partial charge in [0.15, 0.2) is 0 Å². The normalized spacial score (nSPS) is 11.2. The Labute approximate surface area is 74.4 Å². The van der Waals surface area contributed by atoms with E-state index in [9.17, 15) is 13.6 Å². The van der Waals surface area contributed by atoms with Gasteiger partial charge in [-0.25, -0.2) is 0 Å². The predicted molar refractivity (Wildman–Crippen MR) is 44.3 cm³/mol. The van der Waals surface area contributed by atoms with Gasteiger partial charge < -0.3 is 5.73 Å². The zero-order chi connectivity index (χ0) is 9.90. The quantitative estimate of drug-likeness (QED) is 0.758. The lowest BCUT2D eigenvalue weighted by molar-refractivity contribution is -0.141. The smallest absolute Gasteiger partial charge is 0.328 e. The molecule has 0 spiro atoms. The zero-order valence-electron chi connectivity index (χ0n) is 6.84. The molecule has 1 rings (SSSR count). The molecule has 1 aromatic rings. The van der Waals surface area contributed by atoms with Crippen LogP contribution in [-0.4, -0.2) is 11.8 Å². The summed E-state index contributed by atoms with van der Waals surface area (Å²) in [5, 5.41) is 0. The topological polar surface area (TPSA) is 43.1 Å². The number of carbonyl (C=O) groups excluding carboxylic acids is 1. The summed E-state index contributed by atoms with van der Waals surface area (Å²) in [4.78, 5) is 10.3. The number of hydrogen-bond acceptors (Lipinski definition) is 1. The number of halogens is 2. The van der Waals surface area contributed by atoms with E-state index in [1.54, 1.807) is 18.2 Å². The summed E-state index contributed by atoms with van der Waals surface area (Å²) >= 11 is 0. The minimum Gasteiger partial charge on any atom is -0.364 e. The molecule has 2 nitrogen and oxygen atoms in total. The fraction of sp³-hybridized carbons (Fsp3) is 0.222. The van der Waals surface area contributed by atoms with Crippen molar-refractivity contribution >= 4 is 5.91 Å². The number of carbonyl (C=O) groups is 1. The van der Waals surface area contributed by atoms with Crippen LogP contribution in [0.4, 0.5) is 8.78 Å². The summed E-state index contributed by atoms with van der Waals surface area (Å²) in [6, 6.07) is 8.03. The van der Waals surface area contributed by atoms with Crippen LogP contribution in [0.25, 0.3) is 0 Å². The SMILES string of the molecule is NC(=O)C(F)(F)Cc1ccccc1. The number of nitrogens with two attached hydrogens (primary N) is 1. The first-order chi connectivity index (χ1) is 6.02. The summed E-state index contributed by atoms with van der Waals surface area (Å²) in [5.74, 6) is -5.04. The first-order valence-electron chi connectivity index (χ1n) is 3.74. The van der Waals surface area contributed by atoms with Crippen LogP contribution in [0.5, 0.6) is 0 Å². The Morgan fingerprint density at radius 1 is 1.31 bits per heavy atom. The maximum absolute atomic E-state index is 12.8. The second-order valence-corrected chi connectivity index (χ2v) is 2.73. The Hall–Kier alpha value is -1.45. The lowest BCUT2D eigenvalue weighted by Gasteiger charge is -2.11. The number of rotatable bonds is 3. The van der Waals surface area contributed by atoms with Crippen LogP contribution < -0.4 is 5.73 Å². The number of amides is 1. The van der Waals surface area contributed by atoms with Gasteiger partial charge >= 0.3 is 5.92 Å². The third kappa shape index (κ3) is 2.50. The predicted octanol–water partition coefficient (Wildman–Crippen LogP) is 1.35. The van der Waals surface area contributed by atoms with Crippen LogP contribution >= 0.6 is 0 Å². The Kier molecular flexibility index (Phi) is 2.60. The number of hydrogen-bond donors (Lipinski definition) is 1. The fourth-order valence-electron chi connectivity index (χ4n) is 0.939. The van der Waals surface area contributed by atoms with E-state index in [-0.39, 0.29) is 0 Å². The second-order valence-electron chi connectivity index (χ2n) is 2.73. The van der Waals surface area contributed by atoms with Crippen molar-refractivity contribution in [2.24, 2.45) is 5.73 Å². The molecule has 2 N–H and O–H groups in total. The van der Waals surface area contributed by atoms with Gasteiger partial charge in [-0.2, -0.15) is 8.78 Å². The van der Waals surface area contributed by atoms with E-state index in [1.165, 1.54) is 12.1 Å². The molecule has 0 bridgehead atoms. The molecule has 70 valence electrons. The summed E-state index contributed by atoms with van der Waals surface area (Å²) in [6.45, 7) is 0. The van der Waals surface area contributed by atoms with Gasteiger partial charge in [-0.05, 0) is 5.56 Å². The molecular weight excluding hydrogens is 176 g/mol. The minimum atomic E-state index is -3.46. The molecule has 1 amide bonds. The van der Waals surface area contributed by atoms with Crippen LogP contribution in [0.3, 0.4) is 0 Å². The van der Waals surface area contributed by atoms with Crippen molar-refractivity contribution in [1.82, 2.24) is 0 Å². The van der Waals surface area contributed by atoms with Crippen LogP contribution in [0, 0.1) is 0 Å². The van der Waals surface area contributed by atoms with Crippen molar-refractivity contribution < 1.29 is 13.6 Å². The van der Waals surface area contributed by atoms with E-state index in [1.807, 2.05) is 0 Å². The van der Waals surface area contributed by atoms with Gasteiger partial charge in [-0.15, -0.1) is 0 Å². The van der Waals surface area contributed by atoms with Crippen molar-refractivity contribution in [2.75, 3.05) is 0 Å². The minimum absolute atomic E-state index is 0.395. The van der Waals surface area contributed by atoms with Crippen LogP contribution in [0.15, 0.2) is 30.3 Å². The average Bonchev–Trinajstić information content (AvgIpc) is 2.05. The van der Waals surface area contributed by atoms with Crippen molar-refractivity contribution in [1.29, 1.82) is 0 Å². The summed E-state index contributed by atoms with van der Waals surface area (Å²) in [7, 11) is 0. The second kappa shape index (κ2) is 3.51. The van der Waals surface area contributed by atoms with Crippen LogP contribution in [0.1, 0.15) is 5.56 Å². The molecule has 4 heteroatoms. The Balaban J connectivity index is 2.75. The molecule has 0 aliphatic rings. The number of primary amides is 1. The Morgan fingerprint density at radius 3 is 2.31 bits per heavy atom. The largest absolute Gasteiger partial charge is 0.364 e. The molecule has 0 aliphatic heterocycles. The van der Waals surface area contributed by atoms with Gasteiger partial charge in [0.2, 0.25) is 0 Å². The van der Waals surface area contributed by atoms with Crippen molar-refractivity contribution in [3.05, 3.63) is 35.9 Å². The van der Waals surface area contributed by atoms with E-state index in [4.69, 9.17) is 0 Å². The molecule has 13 heavy (non-hydrogen) atoms. The summed E-state index contributed by atoms with van der Waals surface area (Å²) in [5.41, 5.74) is 4.92. The highest BCUT2D eigenvalue weighted by Crippen LogP contribution is 2.18. The zero-order valence-corrected chi connectivity index (χ0v) is 6.84. The fourth-order valence-corrected chi connectivity index (χ4v) is 0.939. The first kappa shape index (κ1) is 9.64. The highest BCUT2D eigenvalue weighted by Gasteiger charge is 2.36. The van der Waals surface area contributed by atoms with E-state index >= 15 is 0 Å². The van der Waals surface area contributed by atoms with Crippen molar-refractivity contribution in [3.8, 4) is 0 Å². The molecule has 0 heterocycles. The molecule has 0 aromatic heterocycles. The van der Waals surface area contributed by atoms with E-state index in [0.717, 1.165) is 0 Å². The average molecular weight is 185 g/mol. The molecule has 0 saturated heterocycles. The molecule has 0 saturated carbocycles. The monoisotopic (exact) mass is 185 g/mol. The van der Waals surface area contributed by atoms with Crippen molar-refractivity contribution in [3.63, 3.8) is 0 Å².